The van der Waals surface area contributed by atoms with E-state index in [1.54, 1.807) is 0 Å². The molecule has 2 unspecified atom stereocenters. The number of hydrogen-bond donors (Lipinski definition) is 2. The third-order valence-electron chi connectivity index (χ3n) is 6.72. The first-order valence-corrected chi connectivity index (χ1v) is 11.3. The van der Waals surface area contributed by atoms with E-state index < -0.39 is 17.1 Å². The molecule has 2 N–H and O–H groups in total. The van der Waals surface area contributed by atoms with Crippen molar-refractivity contribution in [3.05, 3.63) is 34.3 Å². The van der Waals surface area contributed by atoms with Crippen LogP contribution in [0.5, 0.6) is 5.75 Å². The van der Waals surface area contributed by atoms with E-state index in [1.807, 2.05) is 0 Å². The molecule has 1 fully saturated rings. The van der Waals surface area contributed by atoms with E-state index in [-0.39, 0.29) is 11.2 Å². The zero-order valence-corrected chi connectivity index (χ0v) is 19.1. The van der Waals surface area contributed by atoms with Gasteiger partial charge in [-0.15, -0.1) is 0 Å². The summed E-state index contributed by atoms with van der Waals surface area (Å²) in [5.41, 5.74) is -0.177. The Morgan fingerprint density at radius 2 is 2.13 bits per heavy atom. The van der Waals surface area contributed by atoms with E-state index in [0.29, 0.717) is 18.4 Å². The maximum atomic E-state index is 12.1. The predicted octanol–water partition coefficient (Wildman–Crippen LogP) is 2.92. The van der Waals surface area contributed by atoms with Crippen LogP contribution >= 0.6 is 0 Å². The Balaban J connectivity index is 1.82. The Bertz CT molecular complexity index is 914. The maximum absolute atomic E-state index is 12.1. The summed E-state index contributed by atoms with van der Waals surface area (Å²) in [6, 6.07) is 0. The lowest BCUT2D eigenvalue weighted by Gasteiger charge is -2.38. The van der Waals surface area contributed by atoms with E-state index in [2.05, 4.69) is 48.3 Å². The number of hydrogen-bond acceptors (Lipinski definition) is 6. The highest BCUT2D eigenvalue weighted by molar-refractivity contribution is 5.92. The molecule has 0 bridgehead atoms. The number of carbonyl (C=O) groups excluding carboxylic acids is 1. The van der Waals surface area contributed by atoms with Crippen molar-refractivity contribution in [3.8, 4) is 5.75 Å². The lowest BCUT2D eigenvalue weighted by Crippen LogP contribution is -2.47. The highest BCUT2D eigenvalue weighted by Gasteiger charge is 2.43. The lowest BCUT2D eigenvalue weighted by molar-refractivity contribution is 0.0801. The van der Waals surface area contributed by atoms with Gasteiger partial charge >= 0.3 is 0 Å². The molecule has 2 aliphatic rings. The molecule has 1 saturated carbocycles. The van der Waals surface area contributed by atoms with E-state index in [9.17, 15) is 14.7 Å². The molecule has 1 aliphatic carbocycles. The van der Waals surface area contributed by atoms with Crippen LogP contribution in [0.4, 0.5) is 0 Å². The Morgan fingerprint density at radius 1 is 1.42 bits per heavy atom. The molecule has 2 atom stereocenters. The molecule has 2 heterocycles. The molecule has 3 rings (SSSR count). The van der Waals surface area contributed by atoms with Gasteiger partial charge < -0.3 is 10.4 Å². The summed E-state index contributed by atoms with van der Waals surface area (Å²) in [7, 11) is 1.44. The molecule has 0 radical (unpaired) electrons. The number of amides is 1. The molecular formula is C23H35N5O3. The molecule has 170 valence electrons. The van der Waals surface area contributed by atoms with Gasteiger partial charge in [-0.2, -0.15) is 10.2 Å². The van der Waals surface area contributed by atoms with Gasteiger partial charge in [0.2, 0.25) is 0 Å². The summed E-state index contributed by atoms with van der Waals surface area (Å²) in [4.78, 5) is 24.2. The molecule has 0 saturated heterocycles. The Labute approximate surface area is 184 Å². The number of rotatable bonds is 8. The van der Waals surface area contributed by atoms with Crippen molar-refractivity contribution in [2.75, 3.05) is 13.6 Å². The SMILES string of the molecule is CCC(C)CC=CC1CN(C2(Cn3cc(O)c(=O)c(C(=O)NC)n3)CCCC2)N=C1C. The smallest absolute Gasteiger partial charge is 0.275 e. The number of carbonyl (C=O) groups is 1. The van der Waals surface area contributed by atoms with Crippen LogP contribution in [0, 0.1) is 11.8 Å². The molecular weight excluding hydrogens is 394 g/mol. The number of hydrazone groups is 1. The van der Waals surface area contributed by atoms with Crippen LogP contribution in [-0.4, -0.2) is 50.6 Å². The average molecular weight is 430 g/mol. The standard InChI is InChI=1S/C23H35N5O3/c1-5-16(2)9-8-10-18-13-28(25-17(18)3)23(11-6-7-12-23)15-27-14-19(29)21(30)20(26-27)22(31)24-4/h8,10,14,16,18,29H,5-7,9,11-13,15H2,1-4H3,(H,24,31). The minimum absolute atomic E-state index is 0.241. The van der Waals surface area contributed by atoms with Crippen molar-refractivity contribution >= 4 is 11.6 Å². The van der Waals surface area contributed by atoms with Crippen LogP contribution in [0.2, 0.25) is 0 Å². The molecule has 31 heavy (non-hydrogen) atoms. The van der Waals surface area contributed by atoms with Gasteiger partial charge in [0.1, 0.15) is 0 Å². The molecule has 1 amide bonds. The second-order valence-corrected chi connectivity index (χ2v) is 9.01. The summed E-state index contributed by atoms with van der Waals surface area (Å²) >= 11 is 0. The van der Waals surface area contributed by atoms with Gasteiger partial charge in [-0.1, -0.05) is 45.3 Å². The number of aromatic nitrogens is 2. The summed E-state index contributed by atoms with van der Waals surface area (Å²) < 4.78 is 1.53. The topological polar surface area (TPSA) is 99.8 Å². The number of nitrogens with zero attached hydrogens (tertiary/aromatic N) is 4. The van der Waals surface area contributed by atoms with E-state index in [0.717, 1.165) is 44.4 Å². The normalized spacial score (nSPS) is 21.5. The van der Waals surface area contributed by atoms with Crippen LogP contribution < -0.4 is 10.7 Å². The highest BCUT2D eigenvalue weighted by atomic mass is 16.3. The third kappa shape index (κ3) is 4.99. The summed E-state index contributed by atoms with van der Waals surface area (Å²) in [5.74, 6) is -0.0930. The van der Waals surface area contributed by atoms with Crippen LogP contribution in [0.1, 0.15) is 69.8 Å². The highest BCUT2D eigenvalue weighted by Crippen LogP contribution is 2.39. The average Bonchev–Trinajstić information content (AvgIpc) is 3.37. The van der Waals surface area contributed by atoms with Crippen LogP contribution in [0.3, 0.4) is 0 Å². The molecule has 8 nitrogen and oxygen atoms in total. The van der Waals surface area contributed by atoms with Crippen molar-refractivity contribution in [1.29, 1.82) is 0 Å². The van der Waals surface area contributed by atoms with Gasteiger partial charge in [0.05, 0.1) is 18.3 Å². The summed E-state index contributed by atoms with van der Waals surface area (Å²) in [6.45, 7) is 7.83. The second kappa shape index (κ2) is 9.66. The monoisotopic (exact) mass is 429 g/mol. The van der Waals surface area contributed by atoms with E-state index in [4.69, 9.17) is 5.10 Å². The van der Waals surface area contributed by atoms with E-state index >= 15 is 0 Å². The Hall–Kier alpha value is -2.64. The van der Waals surface area contributed by atoms with Crippen LogP contribution in [0.15, 0.2) is 28.2 Å². The van der Waals surface area contributed by atoms with Crippen LogP contribution in [-0.2, 0) is 6.54 Å². The maximum Gasteiger partial charge on any atom is 0.275 e. The summed E-state index contributed by atoms with van der Waals surface area (Å²) in [6.07, 6.45) is 12.2. The number of allylic oxidation sites excluding steroid dienone is 1. The predicted molar refractivity (Wildman–Crippen MR) is 121 cm³/mol. The van der Waals surface area contributed by atoms with Gasteiger partial charge in [-0.05, 0) is 32.1 Å². The zero-order valence-electron chi connectivity index (χ0n) is 19.1. The first-order chi connectivity index (χ1) is 14.8. The summed E-state index contributed by atoms with van der Waals surface area (Å²) in [5, 5.41) is 23.8. The first kappa shape index (κ1) is 23.0. The van der Waals surface area contributed by atoms with Crippen molar-refractivity contribution in [2.45, 2.75) is 71.4 Å². The molecule has 8 heteroatoms. The largest absolute Gasteiger partial charge is 0.503 e. The molecule has 0 spiro atoms. The van der Waals surface area contributed by atoms with Gasteiger partial charge in [0.15, 0.2) is 11.4 Å². The number of nitrogens with one attached hydrogen (secondary N) is 1. The van der Waals surface area contributed by atoms with Crippen molar-refractivity contribution < 1.29 is 9.90 Å². The first-order valence-electron chi connectivity index (χ1n) is 11.3. The molecule has 0 aromatic carbocycles. The molecule has 1 aromatic heterocycles. The quantitative estimate of drug-likeness (QED) is 0.619. The van der Waals surface area contributed by atoms with E-state index in [1.165, 1.54) is 24.3 Å². The van der Waals surface area contributed by atoms with Crippen molar-refractivity contribution in [3.63, 3.8) is 0 Å². The fraction of sp³-hybridized carbons (Fsp3) is 0.652. The molecule has 1 aliphatic heterocycles. The van der Waals surface area contributed by atoms with Gasteiger partial charge in [-0.25, -0.2) is 0 Å². The second-order valence-electron chi connectivity index (χ2n) is 9.01. The van der Waals surface area contributed by atoms with Gasteiger partial charge in [0, 0.05) is 25.2 Å². The van der Waals surface area contributed by atoms with Crippen molar-refractivity contribution in [2.24, 2.45) is 16.9 Å². The fourth-order valence-electron chi connectivity index (χ4n) is 4.47. The minimum atomic E-state index is -0.752. The Morgan fingerprint density at radius 3 is 2.77 bits per heavy atom. The van der Waals surface area contributed by atoms with Crippen LogP contribution in [0.25, 0.3) is 0 Å². The zero-order chi connectivity index (χ0) is 22.6. The fourth-order valence-corrected chi connectivity index (χ4v) is 4.47. The third-order valence-corrected chi connectivity index (χ3v) is 6.72. The Kier molecular flexibility index (Phi) is 7.18. The van der Waals surface area contributed by atoms with Gasteiger partial charge in [0.25, 0.3) is 11.3 Å². The minimum Gasteiger partial charge on any atom is -0.503 e. The number of aromatic hydroxyl groups is 1. The van der Waals surface area contributed by atoms with Gasteiger partial charge in [-0.3, -0.25) is 19.3 Å². The molecule has 1 aromatic rings. The lowest BCUT2D eigenvalue weighted by atomic mass is 9.95. The van der Waals surface area contributed by atoms with Crippen molar-refractivity contribution in [1.82, 2.24) is 20.1 Å².